The zero-order valence-electron chi connectivity index (χ0n) is 12.3. The van der Waals surface area contributed by atoms with Crippen LogP contribution >= 0.6 is 0 Å². The summed E-state index contributed by atoms with van der Waals surface area (Å²) in [7, 11) is 5.10. The second-order valence-corrected chi connectivity index (χ2v) is 4.95. The molecule has 0 radical (unpaired) electrons. The van der Waals surface area contributed by atoms with Crippen LogP contribution in [0.15, 0.2) is 18.2 Å². The van der Waals surface area contributed by atoms with Gasteiger partial charge in [-0.3, -0.25) is 4.79 Å². The fourth-order valence-electron chi connectivity index (χ4n) is 2.55. The lowest BCUT2D eigenvalue weighted by molar-refractivity contribution is 0.0698. The number of nitrogens with zero attached hydrogens (tertiary/aromatic N) is 1. The average Bonchev–Trinajstić information content (AvgIpc) is 2.53. The molecule has 1 saturated heterocycles. The van der Waals surface area contributed by atoms with Crippen LogP contribution in [0, 0.1) is 0 Å². The molecule has 1 N–H and O–H groups in total. The first-order valence-corrected chi connectivity index (χ1v) is 6.88. The van der Waals surface area contributed by atoms with E-state index in [1.165, 1.54) is 0 Å². The Balaban J connectivity index is 2.16. The van der Waals surface area contributed by atoms with Gasteiger partial charge in [0.25, 0.3) is 5.91 Å². The largest absolute Gasteiger partial charge is 0.493 e. The number of hydrogen-bond acceptors (Lipinski definition) is 4. The van der Waals surface area contributed by atoms with Gasteiger partial charge in [-0.1, -0.05) is 0 Å². The van der Waals surface area contributed by atoms with Gasteiger partial charge in [0.05, 0.1) is 14.2 Å². The van der Waals surface area contributed by atoms with Crippen molar-refractivity contribution in [3.05, 3.63) is 23.8 Å². The molecular formula is C15H22N2O3. The lowest BCUT2D eigenvalue weighted by Crippen LogP contribution is -2.46. The van der Waals surface area contributed by atoms with Gasteiger partial charge < -0.3 is 19.7 Å². The number of carbonyl (C=O) groups is 1. The number of likely N-dealkylation sites (tertiary alicyclic amines) is 1. The van der Waals surface area contributed by atoms with Crippen molar-refractivity contribution in [1.82, 2.24) is 10.2 Å². The number of benzene rings is 1. The number of hydrogen-bond donors (Lipinski definition) is 1. The monoisotopic (exact) mass is 278 g/mol. The highest BCUT2D eigenvalue weighted by Gasteiger charge is 2.24. The minimum atomic E-state index is 0.0471. The van der Waals surface area contributed by atoms with Gasteiger partial charge in [0, 0.05) is 24.7 Å². The Morgan fingerprint density at radius 3 is 2.70 bits per heavy atom. The predicted molar refractivity (Wildman–Crippen MR) is 77.5 cm³/mol. The van der Waals surface area contributed by atoms with Crippen LogP contribution in [0.3, 0.4) is 0 Å². The summed E-state index contributed by atoms with van der Waals surface area (Å²) in [6, 6.07) is 5.68. The third kappa shape index (κ3) is 3.04. The van der Waals surface area contributed by atoms with Gasteiger partial charge in [-0.15, -0.1) is 0 Å². The van der Waals surface area contributed by atoms with Gasteiger partial charge in [0.2, 0.25) is 0 Å². The van der Waals surface area contributed by atoms with Crippen molar-refractivity contribution in [3.63, 3.8) is 0 Å². The molecular weight excluding hydrogens is 256 g/mol. The van der Waals surface area contributed by atoms with Crippen molar-refractivity contribution >= 4 is 5.91 Å². The van der Waals surface area contributed by atoms with Crippen molar-refractivity contribution in [2.75, 3.05) is 34.4 Å². The first kappa shape index (κ1) is 14.7. The molecule has 2 rings (SSSR count). The summed E-state index contributed by atoms with van der Waals surface area (Å²) >= 11 is 0. The number of methoxy groups -OCH3 is 2. The fourth-order valence-corrected chi connectivity index (χ4v) is 2.55. The maximum atomic E-state index is 12.5. The molecule has 1 unspecified atom stereocenters. The molecule has 110 valence electrons. The average molecular weight is 278 g/mol. The molecule has 1 aliphatic heterocycles. The van der Waals surface area contributed by atoms with Crippen molar-refractivity contribution in [1.29, 1.82) is 0 Å². The summed E-state index contributed by atoms with van der Waals surface area (Å²) in [5, 5.41) is 3.24. The van der Waals surface area contributed by atoms with Crippen molar-refractivity contribution < 1.29 is 14.3 Å². The number of rotatable bonds is 4. The predicted octanol–water partition coefficient (Wildman–Crippen LogP) is 1.53. The van der Waals surface area contributed by atoms with Crippen LogP contribution in [-0.2, 0) is 0 Å². The second-order valence-electron chi connectivity index (χ2n) is 4.95. The minimum absolute atomic E-state index is 0.0471. The molecule has 1 aromatic rings. The van der Waals surface area contributed by atoms with Gasteiger partial charge >= 0.3 is 0 Å². The van der Waals surface area contributed by atoms with Gasteiger partial charge in [-0.25, -0.2) is 0 Å². The van der Waals surface area contributed by atoms with Gasteiger partial charge in [0.1, 0.15) is 0 Å². The zero-order chi connectivity index (χ0) is 14.5. The normalized spacial score (nSPS) is 18.8. The van der Waals surface area contributed by atoms with Crippen molar-refractivity contribution in [3.8, 4) is 11.5 Å². The quantitative estimate of drug-likeness (QED) is 0.907. The van der Waals surface area contributed by atoms with Gasteiger partial charge in [-0.2, -0.15) is 0 Å². The van der Waals surface area contributed by atoms with E-state index in [0.717, 1.165) is 25.9 Å². The van der Waals surface area contributed by atoms with Crippen LogP contribution in [0.5, 0.6) is 11.5 Å². The van der Waals surface area contributed by atoms with E-state index in [0.29, 0.717) is 23.1 Å². The molecule has 1 amide bonds. The summed E-state index contributed by atoms with van der Waals surface area (Å²) in [5.74, 6) is 1.27. The van der Waals surface area contributed by atoms with E-state index in [9.17, 15) is 4.79 Å². The van der Waals surface area contributed by atoms with Crippen molar-refractivity contribution in [2.45, 2.75) is 18.9 Å². The van der Waals surface area contributed by atoms with Gasteiger partial charge in [-0.05, 0) is 38.1 Å². The third-order valence-corrected chi connectivity index (χ3v) is 3.75. The zero-order valence-corrected chi connectivity index (χ0v) is 12.3. The molecule has 20 heavy (non-hydrogen) atoms. The summed E-state index contributed by atoms with van der Waals surface area (Å²) in [6.07, 6.45) is 2.15. The highest BCUT2D eigenvalue weighted by Crippen LogP contribution is 2.28. The van der Waals surface area contributed by atoms with Crippen LogP contribution in [0.4, 0.5) is 0 Å². The second kappa shape index (κ2) is 6.61. The molecule has 0 saturated carbocycles. The lowest BCUT2D eigenvalue weighted by atomic mass is 10.0. The molecule has 1 heterocycles. The third-order valence-electron chi connectivity index (χ3n) is 3.75. The Morgan fingerprint density at radius 1 is 1.30 bits per heavy atom. The van der Waals surface area contributed by atoms with E-state index >= 15 is 0 Å². The first-order valence-electron chi connectivity index (χ1n) is 6.88. The molecule has 0 aromatic heterocycles. The topological polar surface area (TPSA) is 50.8 Å². The molecule has 1 aliphatic rings. The van der Waals surface area contributed by atoms with Crippen LogP contribution in [0.25, 0.3) is 0 Å². The SMILES string of the molecule is CNC1CCCN(C(=O)c2ccc(OC)c(OC)c2)C1. The summed E-state index contributed by atoms with van der Waals surface area (Å²) in [5.41, 5.74) is 0.638. The van der Waals surface area contributed by atoms with Crippen LogP contribution in [0.2, 0.25) is 0 Å². The molecule has 1 fully saturated rings. The highest BCUT2D eigenvalue weighted by atomic mass is 16.5. The standard InChI is InChI=1S/C15H22N2O3/c1-16-12-5-4-8-17(10-12)15(18)11-6-7-13(19-2)14(9-11)20-3/h6-7,9,12,16H,4-5,8,10H2,1-3H3. The molecule has 0 spiro atoms. The van der Waals surface area contributed by atoms with E-state index in [4.69, 9.17) is 9.47 Å². The number of likely N-dealkylation sites (N-methyl/N-ethyl adjacent to an activating group) is 1. The smallest absolute Gasteiger partial charge is 0.254 e. The van der Waals surface area contributed by atoms with E-state index in [2.05, 4.69) is 5.32 Å². The Hall–Kier alpha value is -1.75. The van der Waals surface area contributed by atoms with Crippen LogP contribution < -0.4 is 14.8 Å². The Kier molecular flexibility index (Phi) is 4.84. The number of ether oxygens (including phenoxy) is 2. The Morgan fingerprint density at radius 2 is 2.05 bits per heavy atom. The number of nitrogens with one attached hydrogen (secondary N) is 1. The lowest BCUT2D eigenvalue weighted by Gasteiger charge is -2.32. The molecule has 1 aromatic carbocycles. The minimum Gasteiger partial charge on any atom is -0.493 e. The first-order chi connectivity index (χ1) is 9.69. The van der Waals surface area contributed by atoms with E-state index in [-0.39, 0.29) is 5.91 Å². The number of piperidine rings is 1. The molecule has 1 atom stereocenters. The molecule has 5 heteroatoms. The highest BCUT2D eigenvalue weighted by molar-refractivity contribution is 5.95. The summed E-state index contributed by atoms with van der Waals surface area (Å²) < 4.78 is 10.4. The molecule has 0 bridgehead atoms. The van der Waals surface area contributed by atoms with E-state index < -0.39 is 0 Å². The Labute approximate surface area is 119 Å². The van der Waals surface area contributed by atoms with Crippen molar-refractivity contribution in [2.24, 2.45) is 0 Å². The molecule has 0 aliphatic carbocycles. The fraction of sp³-hybridized carbons (Fsp3) is 0.533. The Bertz CT molecular complexity index is 476. The van der Waals surface area contributed by atoms with E-state index in [1.54, 1.807) is 32.4 Å². The maximum Gasteiger partial charge on any atom is 0.254 e. The van der Waals surface area contributed by atoms with E-state index in [1.807, 2.05) is 11.9 Å². The number of carbonyl (C=O) groups excluding carboxylic acids is 1. The summed E-state index contributed by atoms with van der Waals surface area (Å²) in [6.45, 7) is 1.56. The maximum absolute atomic E-state index is 12.5. The van der Waals surface area contributed by atoms with Crippen LogP contribution in [-0.4, -0.2) is 51.2 Å². The molecule has 5 nitrogen and oxygen atoms in total. The summed E-state index contributed by atoms with van der Waals surface area (Å²) in [4.78, 5) is 14.4. The van der Waals surface area contributed by atoms with Crippen LogP contribution in [0.1, 0.15) is 23.2 Å². The number of amides is 1. The van der Waals surface area contributed by atoms with Gasteiger partial charge in [0.15, 0.2) is 11.5 Å².